The molecular weight excluding hydrogens is 224 g/mol. The molecule has 0 radical (unpaired) electrons. The van der Waals surface area contributed by atoms with Crippen LogP contribution in [0.25, 0.3) is 0 Å². The lowest BCUT2D eigenvalue weighted by molar-refractivity contribution is -0.189. The number of hydrogen-bond donors (Lipinski definition) is 0. The molecule has 0 unspecified atom stereocenters. The van der Waals surface area contributed by atoms with Crippen LogP contribution in [-0.2, 0) is 23.8 Å². The van der Waals surface area contributed by atoms with Crippen LogP contribution in [0.4, 0.5) is 0 Å². The molecule has 0 bridgehead atoms. The number of carbonyl (C=O) groups excluding carboxylic acids is 2. The van der Waals surface area contributed by atoms with Crippen LogP contribution in [-0.4, -0.2) is 37.9 Å². The van der Waals surface area contributed by atoms with Crippen LogP contribution < -0.4 is 0 Å². The first-order chi connectivity index (χ1) is 8.15. The number of rotatable bonds is 3. The molecule has 2 aliphatic rings. The quantitative estimate of drug-likeness (QED) is 0.692. The number of carbonyl (C=O) groups is 2. The van der Waals surface area contributed by atoms with E-state index in [1.807, 2.05) is 0 Å². The SMILES string of the molecule is COC(=O)CC[C@@H]1CC2(CCC1=O)OCCO2. The van der Waals surface area contributed by atoms with Gasteiger partial charge in [0, 0.05) is 31.6 Å². The topological polar surface area (TPSA) is 61.8 Å². The van der Waals surface area contributed by atoms with Gasteiger partial charge >= 0.3 is 5.97 Å². The number of ether oxygens (including phenoxy) is 3. The summed E-state index contributed by atoms with van der Waals surface area (Å²) in [5, 5.41) is 0. The molecule has 0 aromatic carbocycles. The van der Waals surface area contributed by atoms with E-state index in [9.17, 15) is 9.59 Å². The Labute approximate surface area is 100 Å². The normalized spacial score (nSPS) is 27.4. The molecule has 1 spiro atoms. The van der Waals surface area contributed by atoms with Gasteiger partial charge in [-0.3, -0.25) is 9.59 Å². The molecule has 2 rings (SSSR count). The summed E-state index contributed by atoms with van der Waals surface area (Å²) < 4.78 is 15.8. The maximum atomic E-state index is 11.8. The van der Waals surface area contributed by atoms with E-state index in [4.69, 9.17) is 9.47 Å². The van der Waals surface area contributed by atoms with Gasteiger partial charge in [-0.25, -0.2) is 0 Å². The summed E-state index contributed by atoms with van der Waals surface area (Å²) in [6.07, 6.45) is 2.50. The molecule has 2 fully saturated rings. The second-order valence-electron chi connectivity index (χ2n) is 4.59. The lowest BCUT2D eigenvalue weighted by Gasteiger charge is -2.35. The van der Waals surface area contributed by atoms with Crippen LogP contribution in [0, 0.1) is 5.92 Å². The van der Waals surface area contributed by atoms with Crippen LogP contribution in [0.5, 0.6) is 0 Å². The molecule has 17 heavy (non-hydrogen) atoms. The van der Waals surface area contributed by atoms with Gasteiger partial charge in [-0.15, -0.1) is 0 Å². The standard InChI is InChI=1S/C12H18O5/c1-15-11(14)3-2-9-8-12(5-4-10(9)13)16-6-7-17-12/h9H,2-8H2,1H3/t9-/m1/s1. The third-order valence-electron chi connectivity index (χ3n) is 3.50. The van der Waals surface area contributed by atoms with Gasteiger partial charge in [0.15, 0.2) is 5.79 Å². The molecule has 1 saturated heterocycles. The highest BCUT2D eigenvalue weighted by Gasteiger charge is 2.44. The highest BCUT2D eigenvalue weighted by Crippen LogP contribution is 2.38. The molecule has 1 aliphatic carbocycles. The van der Waals surface area contributed by atoms with Gasteiger partial charge in [0.2, 0.25) is 0 Å². The molecule has 5 heteroatoms. The fourth-order valence-electron chi connectivity index (χ4n) is 2.53. The zero-order valence-electron chi connectivity index (χ0n) is 10.1. The number of hydrogen-bond acceptors (Lipinski definition) is 5. The van der Waals surface area contributed by atoms with E-state index in [-0.39, 0.29) is 24.1 Å². The molecule has 1 saturated carbocycles. The van der Waals surface area contributed by atoms with Gasteiger partial charge in [-0.05, 0) is 6.42 Å². The van der Waals surface area contributed by atoms with E-state index < -0.39 is 5.79 Å². The minimum Gasteiger partial charge on any atom is -0.469 e. The number of esters is 1. The Hall–Kier alpha value is -0.940. The summed E-state index contributed by atoms with van der Waals surface area (Å²) in [7, 11) is 1.36. The third kappa shape index (κ3) is 2.84. The van der Waals surface area contributed by atoms with Crippen molar-refractivity contribution in [1.29, 1.82) is 0 Å². The molecule has 1 heterocycles. The third-order valence-corrected chi connectivity index (χ3v) is 3.50. The van der Waals surface area contributed by atoms with E-state index in [0.717, 1.165) is 0 Å². The lowest BCUT2D eigenvalue weighted by atomic mass is 9.81. The molecule has 1 aliphatic heterocycles. The van der Waals surface area contributed by atoms with Crippen molar-refractivity contribution >= 4 is 11.8 Å². The van der Waals surface area contributed by atoms with E-state index in [0.29, 0.717) is 38.9 Å². The zero-order valence-corrected chi connectivity index (χ0v) is 10.1. The van der Waals surface area contributed by atoms with Crippen LogP contribution in [0.15, 0.2) is 0 Å². The van der Waals surface area contributed by atoms with Crippen LogP contribution in [0.1, 0.15) is 32.1 Å². The van der Waals surface area contributed by atoms with Crippen molar-refractivity contribution in [3.8, 4) is 0 Å². The summed E-state index contributed by atoms with van der Waals surface area (Å²) in [6, 6.07) is 0. The minimum absolute atomic E-state index is 0.138. The second kappa shape index (κ2) is 5.14. The Morgan fingerprint density at radius 1 is 1.47 bits per heavy atom. The van der Waals surface area contributed by atoms with Crippen molar-refractivity contribution in [2.75, 3.05) is 20.3 Å². The van der Waals surface area contributed by atoms with Crippen molar-refractivity contribution < 1.29 is 23.8 Å². The monoisotopic (exact) mass is 242 g/mol. The molecule has 0 N–H and O–H groups in total. The highest BCUT2D eigenvalue weighted by molar-refractivity contribution is 5.82. The molecule has 1 atom stereocenters. The van der Waals surface area contributed by atoms with Crippen molar-refractivity contribution in [2.24, 2.45) is 5.92 Å². The smallest absolute Gasteiger partial charge is 0.305 e. The molecule has 0 amide bonds. The van der Waals surface area contributed by atoms with Crippen LogP contribution in [0.2, 0.25) is 0 Å². The summed E-state index contributed by atoms with van der Waals surface area (Å²) in [4.78, 5) is 22.8. The van der Waals surface area contributed by atoms with Crippen LogP contribution in [0.3, 0.4) is 0 Å². The van der Waals surface area contributed by atoms with Crippen molar-refractivity contribution in [3.63, 3.8) is 0 Å². The fraction of sp³-hybridized carbons (Fsp3) is 0.833. The highest BCUT2D eigenvalue weighted by atomic mass is 16.7. The minimum atomic E-state index is -0.561. The van der Waals surface area contributed by atoms with Gasteiger partial charge in [-0.1, -0.05) is 0 Å². The number of ketones is 1. The fourth-order valence-corrected chi connectivity index (χ4v) is 2.53. The number of methoxy groups -OCH3 is 1. The Morgan fingerprint density at radius 3 is 2.82 bits per heavy atom. The average Bonchev–Trinajstić information content (AvgIpc) is 2.79. The summed E-state index contributed by atoms with van der Waals surface area (Å²) >= 11 is 0. The molecule has 0 aromatic heterocycles. The zero-order chi connectivity index (χ0) is 12.3. The van der Waals surface area contributed by atoms with Crippen molar-refractivity contribution in [2.45, 2.75) is 37.9 Å². The largest absolute Gasteiger partial charge is 0.469 e. The van der Waals surface area contributed by atoms with Crippen LogP contribution >= 0.6 is 0 Å². The lowest BCUT2D eigenvalue weighted by Crippen LogP contribution is -2.40. The first-order valence-corrected chi connectivity index (χ1v) is 6.03. The first-order valence-electron chi connectivity index (χ1n) is 6.03. The van der Waals surface area contributed by atoms with E-state index in [1.165, 1.54) is 7.11 Å². The summed E-state index contributed by atoms with van der Waals surface area (Å²) in [6.45, 7) is 1.19. The summed E-state index contributed by atoms with van der Waals surface area (Å²) in [5.74, 6) is -0.764. The van der Waals surface area contributed by atoms with Gasteiger partial charge in [0.1, 0.15) is 5.78 Å². The van der Waals surface area contributed by atoms with Gasteiger partial charge in [0.05, 0.1) is 20.3 Å². The Balaban J connectivity index is 1.90. The Bertz CT molecular complexity index is 306. The maximum Gasteiger partial charge on any atom is 0.305 e. The Kier molecular flexibility index (Phi) is 3.79. The molecular formula is C12H18O5. The van der Waals surface area contributed by atoms with Gasteiger partial charge in [-0.2, -0.15) is 0 Å². The van der Waals surface area contributed by atoms with E-state index in [1.54, 1.807) is 0 Å². The molecule has 5 nitrogen and oxygen atoms in total. The predicted molar refractivity (Wildman–Crippen MR) is 58.2 cm³/mol. The molecule has 96 valence electrons. The van der Waals surface area contributed by atoms with Gasteiger partial charge < -0.3 is 14.2 Å². The summed E-state index contributed by atoms with van der Waals surface area (Å²) in [5.41, 5.74) is 0. The first kappa shape index (κ1) is 12.5. The molecule has 0 aromatic rings. The number of Topliss-reactive ketones (excluding diaryl/α,β-unsaturated/α-hetero) is 1. The maximum absolute atomic E-state index is 11.8. The predicted octanol–water partition coefficient (Wildman–Crippen LogP) is 1.05. The Morgan fingerprint density at radius 2 is 2.18 bits per heavy atom. The van der Waals surface area contributed by atoms with Crippen molar-refractivity contribution in [1.82, 2.24) is 0 Å². The van der Waals surface area contributed by atoms with Gasteiger partial charge in [0.25, 0.3) is 0 Å². The van der Waals surface area contributed by atoms with Crippen molar-refractivity contribution in [3.05, 3.63) is 0 Å². The average molecular weight is 242 g/mol. The van der Waals surface area contributed by atoms with E-state index in [2.05, 4.69) is 4.74 Å². The van der Waals surface area contributed by atoms with E-state index >= 15 is 0 Å². The second-order valence-corrected chi connectivity index (χ2v) is 4.59.